The summed E-state index contributed by atoms with van der Waals surface area (Å²) in [5.41, 5.74) is 3.55. The van der Waals surface area contributed by atoms with Gasteiger partial charge in [-0.1, -0.05) is 54.8 Å². The van der Waals surface area contributed by atoms with E-state index in [1.54, 1.807) is 7.11 Å². The van der Waals surface area contributed by atoms with Crippen LogP contribution in [0.1, 0.15) is 48.4 Å². The molecule has 1 saturated heterocycles. The first-order valence-corrected chi connectivity index (χ1v) is 10.4. The lowest BCUT2D eigenvalue weighted by atomic mass is 10.0. The molecular weight excluding hydrogens is 348 g/mol. The van der Waals surface area contributed by atoms with Crippen molar-refractivity contribution in [3.8, 4) is 5.75 Å². The number of likely N-dealkylation sites (tertiary alicyclic amines) is 1. The Kier molecular flexibility index (Phi) is 7.49. The molecule has 1 fully saturated rings. The van der Waals surface area contributed by atoms with Crippen molar-refractivity contribution < 1.29 is 9.53 Å². The molecule has 2 aromatic carbocycles. The maximum Gasteiger partial charge on any atom is 0.224 e. The average Bonchev–Trinajstić information content (AvgIpc) is 2.99. The number of nitrogens with zero attached hydrogens (tertiary/aromatic N) is 1. The number of methoxy groups -OCH3 is 1. The third kappa shape index (κ3) is 5.83. The van der Waals surface area contributed by atoms with E-state index in [0.717, 1.165) is 24.4 Å². The third-order valence-electron chi connectivity index (χ3n) is 5.56. The normalized spacial score (nSPS) is 16.2. The van der Waals surface area contributed by atoms with Gasteiger partial charge < -0.3 is 10.1 Å². The number of aryl methyl sites for hydroxylation is 1. The van der Waals surface area contributed by atoms with Crippen LogP contribution < -0.4 is 10.1 Å². The summed E-state index contributed by atoms with van der Waals surface area (Å²) < 4.78 is 5.18. The smallest absolute Gasteiger partial charge is 0.224 e. The first kappa shape index (κ1) is 20.4. The van der Waals surface area contributed by atoms with Crippen molar-refractivity contribution >= 4 is 5.91 Å². The molecule has 0 bridgehead atoms. The van der Waals surface area contributed by atoms with Crippen molar-refractivity contribution in [2.75, 3.05) is 26.7 Å². The lowest BCUT2D eigenvalue weighted by Crippen LogP contribution is -2.39. The zero-order chi connectivity index (χ0) is 19.8. The number of rotatable bonds is 7. The molecule has 0 spiro atoms. The van der Waals surface area contributed by atoms with Gasteiger partial charge in [0.05, 0.1) is 19.6 Å². The van der Waals surface area contributed by atoms with Crippen molar-refractivity contribution in [3.63, 3.8) is 0 Å². The van der Waals surface area contributed by atoms with Gasteiger partial charge in [-0.2, -0.15) is 0 Å². The monoisotopic (exact) mass is 380 g/mol. The van der Waals surface area contributed by atoms with Crippen LogP contribution in [0.5, 0.6) is 5.75 Å². The summed E-state index contributed by atoms with van der Waals surface area (Å²) in [6, 6.07) is 16.7. The van der Waals surface area contributed by atoms with E-state index in [2.05, 4.69) is 41.4 Å². The van der Waals surface area contributed by atoms with Gasteiger partial charge in [-0.05, 0) is 56.1 Å². The molecule has 0 radical (unpaired) electrons. The fourth-order valence-electron chi connectivity index (χ4n) is 3.85. The Bertz CT molecular complexity index is 732. The number of carbonyl (C=O) groups is 1. The summed E-state index contributed by atoms with van der Waals surface area (Å²) >= 11 is 0. The molecule has 150 valence electrons. The third-order valence-corrected chi connectivity index (χ3v) is 5.56. The summed E-state index contributed by atoms with van der Waals surface area (Å²) in [6.45, 7) is 4.97. The number of hydrogen-bond donors (Lipinski definition) is 1. The number of carbonyl (C=O) groups excluding carboxylic acids is 1. The van der Waals surface area contributed by atoms with Crippen molar-refractivity contribution in [2.24, 2.45) is 0 Å². The Morgan fingerprint density at radius 1 is 1.00 bits per heavy atom. The predicted octanol–water partition coefficient (Wildman–Crippen LogP) is 4.28. The second kappa shape index (κ2) is 10.3. The number of nitrogens with one attached hydrogen (secondary N) is 1. The predicted molar refractivity (Wildman–Crippen MR) is 114 cm³/mol. The van der Waals surface area contributed by atoms with Crippen LogP contribution in [0, 0.1) is 6.92 Å². The SMILES string of the molecule is COc1ccc(CC(=O)NC[C@H](c2ccc(C)cc2)N2CCCCCC2)cc1. The Labute approximate surface area is 168 Å². The lowest BCUT2D eigenvalue weighted by molar-refractivity contribution is -0.120. The van der Waals surface area contributed by atoms with Gasteiger partial charge >= 0.3 is 0 Å². The fourth-order valence-corrected chi connectivity index (χ4v) is 3.85. The van der Waals surface area contributed by atoms with Crippen molar-refractivity contribution in [2.45, 2.75) is 45.1 Å². The number of hydrogen-bond acceptors (Lipinski definition) is 3. The van der Waals surface area contributed by atoms with Crippen molar-refractivity contribution in [1.29, 1.82) is 0 Å². The van der Waals surface area contributed by atoms with Crippen LogP contribution in [0.2, 0.25) is 0 Å². The maximum atomic E-state index is 12.5. The van der Waals surface area contributed by atoms with E-state index in [1.165, 1.54) is 36.8 Å². The second-order valence-corrected chi connectivity index (χ2v) is 7.71. The average molecular weight is 381 g/mol. The van der Waals surface area contributed by atoms with E-state index in [4.69, 9.17) is 4.74 Å². The Morgan fingerprint density at radius 3 is 2.25 bits per heavy atom. The number of ether oxygens (including phenoxy) is 1. The highest BCUT2D eigenvalue weighted by molar-refractivity contribution is 5.78. The topological polar surface area (TPSA) is 41.6 Å². The largest absolute Gasteiger partial charge is 0.497 e. The van der Waals surface area contributed by atoms with Gasteiger partial charge in [0.25, 0.3) is 0 Å². The van der Waals surface area contributed by atoms with Crippen molar-refractivity contribution in [3.05, 3.63) is 65.2 Å². The van der Waals surface area contributed by atoms with Crippen LogP contribution in [-0.4, -0.2) is 37.6 Å². The first-order valence-electron chi connectivity index (χ1n) is 10.4. The summed E-state index contributed by atoms with van der Waals surface area (Å²) in [5, 5.41) is 3.18. The van der Waals surface area contributed by atoms with Crippen LogP contribution in [-0.2, 0) is 11.2 Å². The molecule has 28 heavy (non-hydrogen) atoms. The van der Waals surface area contributed by atoms with E-state index in [9.17, 15) is 4.79 Å². The maximum absolute atomic E-state index is 12.5. The van der Waals surface area contributed by atoms with Gasteiger partial charge in [0.1, 0.15) is 5.75 Å². The Morgan fingerprint density at radius 2 is 1.64 bits per heavy atom. The van der Waals surface area contributed by atoms with Gasteiger partial charge in [-0.3, -0.25) is 9.69 Å². The van der Waals surface area contributed by atoms with Crippen LogP contribution in [0.3, 0.4) is 0 Å². The second-order valence-electron chi connectivity index (χ2n) is 7.71. The quantitative estimate of drug-likeness (QED) is 0.779. The van der Waals surface area contributed by atoms with E-state index < -0.39 is 0 Å². The summed E-state index contributed by atoms with van der Waals surface area (Å²) in [5.74, 6) is 0.877. The summed E-state index contributed by atoms with van der Waals surface area (Å²) in [4.78, 5) is 15.1. The number of amides is 1. The molecule has 1 amide bonds. The van der Waals surface area contributed by atoms with E-state index in [0.29, 0.717) is 13.0 Å². The molecule has 3 rings (SSSR count). The first-order chi connectivity index (χ1) is 13.7. The van der Waals surface area contributed by atoms with Gasteiger partial charge in [-0.25, -0.2) is 0 Å². The molecule has 1 aliphatic heterocycles. The standard InChI is InChI=1S/C24H32N2O2/c1-19-7-11-21(12-8-19)23(26-15-5-3-4-6-16-26)18-25-24(27)17-20-9-13-22(28-2)14-10-20/h7-14,23H,3-6,15-18H2,1-2H3,(H,25,27)/t23-/m1/s1. The molecule has 1 heterocycles. The molecule has 0 unspecified atom stereocenters. The molecule has 4 heteroatoms. The molecule has 0 saturated carbocycles. The molecule has 1 aliphatic rings. The molecule has 1 N–H and O–H groups in total. The van der Waals surface area contributed by atoms with Crippen LogP contribution >= 0.6 is 0 Å². The zero-order valence-electron chi connectivity index (χ0n) is 17.1. The zero-order valence-corrected chi connectivity index (χ0v) is 17.1. The minimum atomic E-state index is 0.0668. The Balaban J connectivity index is 1.64. The van der Waals surface area contributed by atoms with Crippen LogP contribution in [0.25, 0.3) is 0 Å². The highest BCUT2D eigenvalue weighted by Gasteiger charge is 2.22. The minimum absolute atomic E-state index is 0.0668. The highest BCUT2D eigenvalue weighted by Crippen LogP contribution is 2.24. The van der Waals surface area contributed by atoms with Gasteiger partial charge in [-0.15, -0.1) is 0 Å². The van der Waals surface area contributed by atoms with Gasteiger partial charge in [0.15, 0.2) is 0 Å². The molecular formula is C24H32N2O2. The van der Waals surface area contributed by atoms with Gasteiger partial charge in [0.2, 0.25) is 5.91 Å². The molecule has 0 aliphatic carbocycles. The molecule has 0 aromatic heterocycles. The van der Waals surface area contributed by atoms with E-state index in [-0.39, 0.29) is 11.9 Å². The Hall–Kier alpha value is -2.33. The number of benzene rings is 2. The minimum Gasteiger partial charge on any atom is -0.497 e. The highest BCUT2D eigenvalue weighted by atomic mass is 16.5. The van der Waals surface area contributed by atoms with Gasteiger partial charge in [0, 0.05) is 6.54 Å². The van der Waals surface area contributed by atoms with Crippen LogP contribution in [0.4, 0.5) is 0 Å². The molecule has 1 atom stereocenters. The summed E-state index contributed by atoms with van der Waals surface area (Å²) in [7, 11) is 1.65. The van der Waals surface area contributed by atoms with Crippen molar-refractivity contribution in [1.82, 2.24) is 10.2 Å². The fraction of sp³-hybridized carbons (Fsp3) is 0.458. The van der Waals surface area contributed by atoms with E-state index >= 15 is 0 Å². The van der Waals surface area contributed by atoms with E-state index in [1.807, 2.05) is 24.3 Å². The molecule has 4 nitrogen and oxygen atoms in total. The summed E-state index contributed by atoms with van der Waals surface area (Å²) in [6.07, 6.45) is 5.48. The molecule has 2 aromatic rings. The van der Waals surface area contributed by atoms with Crippen LogP contribution in [0.15, 0.2) is 48.5 Å². The lowest BCUT2D eigenvalue weighted by Gasteiger charge is -2.31.